The van der Waals surface area contributed by atoms with Gasteiger partial charge in [0.25, 0.3) is 5.91 Å². The van der Waals surface area contributed by atoms with E-state index < -0.39 is 0 Å². The van der Waals surface area contributed by atoms with Crippen molar-refractivity contribution in [1.82, 2.24) is 15.0 Å². The minimum Gasteiger partial charge on any atom is -0.352 e. The van der Waals surface area contributed by atoms with Gasteiger partial charge in [0.15, 0.2) is 0 Å². The van der Waals surface area contributed by atoms with Gasteiger partial charge in [-0.2, -0.15) is 0 Å². The van der Waals surface area contributed by atoms with Crippen LogP contribution in [0.15, 0.2) is 61.2 Å². The number of carbonyl (C=O) groups excluding carboxylic acids is 1. The van der Waals surface area contributed by atoms with Crippen molar-refractivity contribution in [2.75, 3.05) is 16.8 Å². The molecule has 1 aliphatic rings. The molecule has 3 aromatic rings. The normalized spacial score (nSPS) is 13.2. The number of rotatable bonds is 3. The van der Waals surface area contributed by atoms with Crippen LogP contribution in [0.3, 0.4) is 0 Å². The van der Waals surface area contributed by atoms with Crippen LogP contribution in [-0.4, -0.2) is 27.4 Å². The van der Waals surface area contributed by atoms with Crippen molar-refractivity contribution in [3.63, 3.8) is 0 Å². The SMILES string of the molecule is O=C(Nc1ccccc1)c1ccnc(N2CCc3ncncc3C2)c1. The molecular weight excluding hydrogens is 314 g/mol. The smallest absolute Gasteiger partial charge is 0.255 e. The van der Waals surface area contributed by atoms with Crippen LogP contribution >= 0.6 is 0 Å². The summed E-state index contributed by atoms with van der Waals surface area (Å²) in [5.74, 6) is 0.644. The minimum atomic E-state index is -0.143. The summed E-state index contributed by atoms with van der Waals surface area (Å²) in [7, 11) is 0. The molecule has 0 fully saturated rings. The molecule has 124 valence electrons. The van der Waals surface area contributed by atoms with Gasteiger partial charge < -0.3 is 10.2 Å². The number of anilines is 2. The first-order valence-electron chi connectivity index (χ1n) is 8.15. The number of pyridine rings is 1. The number of hydrogen-bond acceptors (Lipinski definition) is 5. The molecule has 3 heterocycles. The van der Waals surface area contributed by atoms with Gasteiger partial charge in [-0.25, -0.2) is 15.0 Å². The molecule has 0 aliphatic carbocycles. The maximum absolute atomic E-state index is 12.5. The summed E-state index contributed by atoms with van der Waals surface area (Å²) in [6.07, 6.45) is 5.95. The number of fused-ring (bicyclic) bond motifs is 1. The fraction of sp³-hybridized carbons (Fsp3) is 0.158. The number of amides is 1. The highest BCUT2D eigenvalue weighted by atomic mass is 16.1. The molecule has 0 spiro atoms. The lowest BCUT2D eigenvalue weighted by Crippen LogP contribution is -2.32. The van der Waals surface area contributed by atoms with Crippen molar-refractivity contribution in [1.29, 1.82) is 0 Å². The Hall–Kier alpha value is -3.28. The first-order valence-corrected chi connectivity index (χ1v) is 8.15. The van der Waals surface area contributed by atoms with E-state index >= 15 is 0 Å². The third kappa shape index (κ3) is 3.33. The second-order valence-electron chi connectivity index (χ2n) is 5.89. The number of carbonyl (C=O) groups is 1. The van der Waals surface area contributed by atoms with Crippen LogP contribution in [0.2, 0.25) is 0 Å². The Balaban J connectivity index is 1.53. The summed E-state index contributed by atoms with van der Waals surface area (Å²) in [6, 6.07) is 13.0. The number of para-hydroxylation sites is 1. The van der Waals surface area contributed by atoms with Crippen LogP contribution in [-0.2, 0) is 13.0 Å². The molecular formula is C19H17N5O. The molecule has 25 heavy (non-hydrogen) atoms. The largest absolute Gasteiger partial charge is 0.352 e. The summed E-state index contributed by atoms with van der Waals surface area (Å²) in [5.41, 5.74) is 3.55. The number of aromatic nitrogens is 3. The maximum atomic E-state index is 12.5. The lowest BCUT2D eigenvalue weighted by molar-refractivity contribution is 0.102. The molecule has 1 amide bonds. The van der Waals surface area contributed by atoms with Crippen molar-refractivity contribution >= 4 is 17.4 Å². The van der Waals surface area contributed by atoms with E-state index in [1.54, 1.807) is 18.6 Å². The molecule has 0 radical (unpaired) electrons. The molecule has 6 nitrogen and oxygen atoms in total. The Labute approximate surface area is 145 Å². The Morgan fingerprint density at radius 2 is 2.00 bits per heavy atom. The van der Waals surface area contributed by atoms with E-state index in [-0.39, 0.29) is 5.91 Å². The van der Waals surface area contributed by atoms with Crippen molar-refractivity contribution < 1.29 is 4.79 Å². The van der Waals surface area contributed by atoms with Gasteiger partial charge in [0.05, 0.1) is 5.69 Å². The van der Waals surface area contributed by atoms with Gasteiger partial charge in [-0.15, -0.1) is 0 Å². The van der Waals surface area contributed by atoms with Gasteiger partial charge >= 0.3 is 0 Å². The molecule has 0 atom stereocenters. The zero-order chi connectivity index (χ0) is 17.1. The van der Waals surface area contributed by atoms with Gasteiger partial charge in [-0.3, -0.25) is 4.79 Å². The third-order valence-electron chi connectivity index (χ3n) is 4.22. The first kappa shape index (κ1) is 15.3. The highest BCUT2D eigenvalue weighted by Gasteiger charge is 2.19. The Morgan fingerprint density at radius 3 is 2.88 bits per heavy atom. The van der Waals surface area contributed by atoms with Crippen molar-refractivity contribution in [2.24, 2.45) is 0 Å². The van der Waals surface area contributed by atoms with Crippen LogP contribution in [0, 0.1) is 0 Å². The standard InChI is InChI=1S/C19H17N5O/c25-19(23-16-4-2-1-3-5-16)14-6-8-21-18(10-14)24-9-7-17-15(12-24)11-20-13-22-17/h1-6,8,10-11,13H,7,9,12H2,(H,23,25). The maximum Gasteiger partial charge on any atom is 0.255 e. The molecule has 0 saturated heterocycles. The summed E-state index contributed by atoms with van der Waals surface area (Å²) in [6.45, 7) is 1.52. The van der Waals surface area contributed by atoms with Gasteiger partial charge in [0, 0.05) is 48.7 Å². The van der Waals surface area contributed by atoms with Crippen LogP contribution in [0.5, 0.6) is 0 Å². The van der Waals surface area contributed by atoms with Crippen LogP contribution in [0.4, 0.5) is 11.5 Å². The summed E-state index contributed by atoms with van der Waals surface area (Å²) < 4.78 is 0. The molecule has 6 heteroatoms. The predicted octanol–water partition coefficient (Wildman–Crippen LogP) is 2.69. The van der Waals surface area contributed by atoms with E-state index in [4.69, 9.17) is 0 Å². The van der Waals surface area contributed by atoms with Crippen LogP contribution in [0.1, 0.15) is 21.6 Å². The van der Waals surface area contributed by atoms with E-state index in [1.807, 2.05) is 42.6 Å². The molecule has 1 aliphatic heterocycles. The lowest BCUT2D eigenvalue weighted by atomic mass is 10.1. The van der Waals surface area contributed by atoms with Gasteiger partial charge in [-0.05, 0) is 24.3 Å². The molecule has 4 rings (SSSR count). The molecule has 1 aromatic carbocycles. The highest BCUT2D eigenvalue weighted by molar-refractivity contribution is 6.04. The zero-order valence-corrected chi connectivity index (χ0v) is 13.6. The Kier molecular flexibility index (Phi) is 4.08. The lowest BCUT2D eigenvalue weighted by Gasteiger charge is -2.28. The summed E-state index contributed by atoms with van der Waals surface area (Å²) >= 11 is 0. The van der Waals surface area contributed by atoms with E-state index in [0.717, 1.165) is 35.7 Å². The van der Waals surface area contributed by atoms with E-state index in [9.17, 15) is 4.79 Å². The number of nitrogens with zero attached hydrogens (tertiary/aromatic N) is 4. The Morgan fingerprint density at radius 1 is 1.12 bits per heavy atom. The average molecular weight is 331 g/mol. The van der Waals surface area contributed by atoms with Crippen molar-refractivity contribution in [2.45, 2.75) is 13.0 Å². The van der Waals surface area contributed by atoms with E-state index in [0.29, 0.717) is 12.1 Å². The molecule has 1 N–H and O–H groups in total. The van der Waals surface area contributed by atoms with Crippen molar-refractivity contribution in [3.05, 3.63) is 78.0 Å². The fourth-order valence-corrected chi connectivity index (χ4v) is 2.92. The minimum absolute atomic E-state index is 0.143. The Bertz CT molecular complexity index is 897. The molecule has 0 bridgehead atoms. The van der Waals surface area contributed by atoms with E-state index in [1.165, 1.54) is 0 Å². The number of hydrogen-bond donors (Lipinski definition) is 1. The number of benzene rings is 1. The van der Waals surface area contributed by atoms with Gasteiger partial charge in [0.1, 0.15) is 12.1 Å². The monoisotopic (exact) mass is 331 g/mol. The molecule has 0 unspecified atom stereocenters. The third-order valence-corrected chi connectivity index (χ3v) is 4.22. The summed E-state index contributed by atoms with van der Waals surface area (Å²) in [4.78, 5) is 27.5. The fourth-order valence-electron chi connectivity index (χ4n) is 2.92. The zero-order valence-electron chi connectivity index (χ0n) is 13.6. The van der Waals surface area contributed by atoms with E-state index in [2.05, 4.69) is 25.2 Å². The van der Waals surface area contributed by atoms with Gasteiger partial charge in [0.2, 0.25) is 0 Å². The number of nitrogens with one attached hydrogen (secondary N) is 1. The average Bonchev–Trinajstić information content (AvgIpc) is 2.68. The predicted molar refractivity (Wildman–Crippen MR) is 95.4 cm³/mol. The van der Waals surface area contributed by atoms with Crippen LogP contribution in [0.25, 0.3) is 0 Å². The summed E-state index contributed by atoms with van der Waals surface area (Å²) in [5, 5.41) is 2.90. The van der Waals surface area contributed by atoms with Crippen molar-refractivity contribution in [3.8, 4) is 0 Å². The quantitative estimate of drug-likeness (QED) is 0.799. The first-order chi connectivity index (χ1) is 12.3. The molecule has 2 aromatic heterocycles. The topological polar surface area (TPSA) is 71.0 Å². The molecule has 0 saturated carbocycles. The van der Waals surface area contributed by atoms with Gasteiger partial charge in [-0.1, -0.05) is 18.2 Å². The second kappa shape index (κ2) is 6.68. The van der Waals surface area contributed by atoms with Crippen LogP contribution < -0.4 is 10.2 Å². The second-order valence-corrected chi connectivity index (χ2v) is 5.89. The highest BCUT2D eigenvalue weighted by Crippen LogP contribution is 2.22.